The highest BCUT2D eigenvalue weighted by Gasteiger charge is 2.39. The Labute approximate surface area is 272 Å². The van der Waals surface area contributed by atoms with Crippen LogP contribution >= 0.6 is 0 Å². The van der Waals surface area contributed by atoms with Crippen molar-refractivity contribution in [2.75, 3.05) is 32.8 Å². The van der Waals surface area contributed by atoms with E-state index in [1.54, 1.807) is 41.3 Å². The zero-order valence-corrected chi connectivity index (χ0v) is 27.0. The number of amides is 3. The Morgan fingerprint density at radius 1 is 1.02 bits per heavy atom. The highest BCUT2D eigenvalue weighted by molar-refractivity contribution is 6.00. The van der Waals surface area contributed by atoms with E-state index in [9.17, 15) is 27.6 Å². The third-order valence-corrected chi connectivity index (χ3v) is 8.54. The molecular formula is C34H43F3N4O6. The van der Waals surface area contributed by atoms with Crippen molar-refractivity contribution in [3.8, 4) is 11.5 Å². The van der Waals surface area contributed by atoms with E-state index in [0.717, 1.165) is 5.56 Å². The van der Waals surface area contributed by atoms with Crippen molar-refractivity contribution in [1.82, 2.24) is 20.4 Å². The first-order chi connectivity index (χ1) is 22.2. The largest absolute Gasteiger partial charge is 0.573 e. The molecule has 0 unspecified atom stereocenters. The van der Waals surface area contributed by atoms with Crippen LogP contribution in [0.5, 0.6) is 11.5 Å². The number of carbonyl (C=O) groups excluding carboxylic acids is 3. The molecular weight excluding hydrogens is 617 g/mol. The zero-order chi connectivity index (χ0) is 33.8. The highest BCUT2D eigenvalue weighted by Crippen LogP contribution is 2.28. The smallest absolute Gasteiger partial charge is 0.493 e. The van der Waals surface area contributed by atoms with Gasteiger partial charge >= 0.3 is 6.36 Å². The Morgan fingerprint density at radius 3 is 2.49 bits per heavy atom. The quantitative estimate of drug-likeness (QED) is 0.493. The van der Waals surface area contributed by atoms with E-state index in [0.29, 0.717) is 56.7 Å². The molecule has 47 heavy (non-hydrogen) atoms. The van der Waals surface area contributed by atoms with E-state index in [2.05, 4.69) is 15.4 Å². The number of para-hydroxylation sites is 1. The number of nitrogens with zero attached hydrogens (tertiary/aromatic N) is 2. The van der Waals surface area contributed by atoms with E-state index in [4.69, 9.17) is 9.47 Å². The average Bonchev–Trinajstić information content (AvgIpc) is 2.99. The molecule has 3 amide bonds. The molecule has 2 aromatic carbocycles. The van der Waals surface area contributed by atoms with E-state index in [1.807, 2.05) is 25.7 Å². The first kappa shape index (κ1) is 34.5. The Bertz CT molecular complexity index is 1410. The third kappa shape index (κ3) is 9.60. The predicted octanol–water partition coefficient (Wildman–Crippen LogP) is 4.28. The fraction of sp³-hybridized carbons (Fsp3) is 0.559. The fourth-order valence-electron chi connectivity index (χ4n) is 6.32. The highest BCUT2D eigenvalue weighted by atomic mass is 19.4. The van der Waals surface area contributed by atoms with Crippen molar-refractivity contribution in [2.24, 2.45) is 5.41 Å². The maximum Gasteiger partial charge on any atom is 0.573 e. The van der Waals surface area contributed by atoms with Gasteiger partial charge in [0.15, 0.2) is 0 Å². The number of ether oxygens (including phenoxy) is 3. The molecule has 3 heterocycles. The van der Waals surface area contributed by atoms with Gasteiger partial charge in [0, 0.05) is 45.6 Å². The van der Waals surface area contributed by atoms with Crippen LogP contribution in [-0.4, -0.2) is 91.0 Å². The Hall–Kier alpha value is -3.84. The molecule has 2 N–H and O–H groups in total. The van der Waals surface area contributed by atoms with Crippen LogP contribution in [0.2, 0.25) is 0 Å². The number of hydrogen-bond acceptors (Lipinski definition) is 7. The molecule has 0 radical (unpaired) electrons. The van der Waals surface area contributed by atoms with Crippen molar-refractivity contribution in [3.63, 3.8) is 0 Å². The predicted molar refractivity (Wildman–Crippen MR) is 167 cm³/mol. The van der Waals surface area contributed by atoms with Crippen molar-refractivity contribution in [3.05, 3.63) is 59.7 Å². The number of hydrogen-bond donors (Lipinski definition) is 2. The molecule has 0 spiro atoms. The van der Waals surface area contributed by atoms with Crippen LogP contribution in [0.1, 0.15) is 62.4 Å². The minimum absolute atomic E-state index is 0.0760. The third-order valence-electron chi connectivity index (χ3n) is 8.54. The van der Waals surface area contributed by atoms with Gasteiger partial charge in [-0.05, 0) is 48.1 Å². The fourth-order valence-corrected chi connectivity index (χ4v) is 6.32. The summed E-state index contributed by atoms with van der Waals surface area (Å²) in [5.74, 6) is -0.652. The molecule has 4 atom stereocenters. The van der Waals surface area contributed by atoms with Gasteiger partial charge < -0.3 is 29.7 Å². The summed E-state index contributed by atoms with van der Waals surface area (Å²) in [7, 11) is 0. The average molecular weight is 661 g/mol. The Morgan fingerprint density at radius 2 is 1.77 bits per heavy atom. The summed E-state index contributed by atoms with van der Waals surface area (Å²) in [4.78, 5) is 44.2. The number of alkyl halides is 3. The summed E-state index contributed by atoms with van der Waals surface area (Å²) in [5.41, 5.74) is 0.907. The maximum atomic E-state index is 14.0. The van der Waals surface area contributed by atoms with E-state index < -0.39 is 18.5 Å². The minimum atomic E-state index is -4.78. The second-order valence-electron chi connectivity index (χ2n) is 13.6. The zero-order valence-electron chi connectivity index (χ0n) is 27.0. The van der Waals surface area contributed by atoms with Crippen LogP contribution in [-0.2, 0) is 20.9 Å². The van der Waals surface area contributed by atoms with Crippen molar-refractivity contribution in [1.29, 1.82) is 0 Å². The number of rotatable bonds is 5. The summed E-state index contributed by atoms with van der Waals surface area (Å²) in [6.07, 6.45) is -3.07. The molecule has 13 heteroatoms. The summed E-state index contributed by atoms with van der Waals surface area (Å²) in [6.45, 7) is 7.70. The standard InChI is InChI=1S/C34H43F3N4O6/c1-33(2,3)18-30(42)39-26-13-12-23-14-17-45-28-7-5-4-6-25(28)32(44)41-16-15-40(21-27(41)31(43)38-19-29(26)46-23)20-22-8-10-24(11-9-22)47-34(35,36)37/h4-11,23,26-27,29H,12-21H2,1-3H3,(H,38,43)(H,39,42)/t23-,26+,27-,29+/m0/s1. The Balaban J connectivity index is 1.35. The van der Waals surface area contributed by atoms with Crippen molar-refractivity contribution < 1.29 is 41.8 Å². The molecule has 2 bridgehead atoms. The normalized spacial score (nSPS) is 24.6. The Kier molecular flexibility index (Phi) is 10.6. The van der Waals surface area contributed by atoms with Crippen LogP contribution in [0, 0.1) is 5.41 Å². The van der Waals surface area contributed by atoms with Crippen molar-refractivity contribution >= 4 is 17.7 Å². The van der Waals surface area contributed by atoms with Crippen LogP contribution in [0.15, 0.2) is 48.5 Å². The lowest BCUT2D eigenvalue weighted by molar-refractivity contribution is -0.274. The maximum absolute atomic E-state index is 14.0. The lowest BCUT2D eigenvalue weighted by atomic mass is 9.91. The molecule has 3 aliphatic heterocycles. The summed E-state index contributed by atoms with van der Waals surface area (Å²) in [5, 5.41) is 6.13. The van der Waals surface area contributed by atoms with Crippen molar-refractivity contribution in [2.45, 2.75) is 83.7 Å². The topological polar surface area (TPSA) is 109 Å². The second-order valence-corrected chi connectivity index (χ2v) is 13.6. The number of halogens is 3. The monoisotopic (exact) mass is 660 g/mol. The van der Waals surface area contributed by atoms with Gasteiger partial charge in [0.05, 0.1) is 30.4 Å². The van der Waals surface area contributed by atoms with E-state index >= 15 is 0 Å². The van der Waals surface area contributed by atoms with Crippen LogP contribution in [0.4, 0.5) is 13.2 Å². The van der Waals surface area contributed by atoms with E-state index in [1.165, 1.54) is 12.1 Å². The number of benzene rings is 2. The number of nitrogens with one attached hydrogen (secondary N) is 2. The van der Waals surface area contributed by atoms with Gasteiger partial charge in [-0.1, -0.05) is 45.0 Å². The lowest BCUT2D eigenvalue weighted by Crippen LogP contribution is -2.62. The molecule has 10 nitrogen and oxygen atoms in total. The van der Waals surface area contributed by atoms with Crippen LogP contribution < -0.4 is 20.1 Å². The lowest BCUT2D eigenvalue weighted by Gasteiger charge is -2.42. The number of carbonyl (C=O) groups is 3. The van der Waals surface area contributed by atoms with Gasteiger partial charge in [0.1, 0.15) is 17.5 Å². The molecule has 256 valence electrons. The van der Waals surface area contributed by atoms with Crippen LogP contribution in [0.3, 0.4) is 0 Å². The number of fused-ring (bicyclic) bond motifs is 4. The summed E-state index contributed by atoms with van der Waals surface area (Å²) < 4.78 is 54.3. The van der Waals surface area contributed by atoms with Gasteiger partial charge in [0.2, 0.25) is 11.8 Å². The summed E-state index contributed by atoms with van der Waals surface area (Å²) >= 11 is 0. The first-order valence-corrected chi connectivity index (χ1v) is 16.1. The number of piperazine rings is 1. The molecule has 0 saturated carbocycles. The minimum Gasteiger partial charge on any atom is -0.493 e. The van der Waals surface area contributed by atoms with Gasteiger partial charge in [0.25, 0.3) is 5.91 Å². The van der Waals surface area contributed by atoms with E-state index in [-0.39, 0.29) is 60.7 Å². The van der Waals surface area contributed by atoms with Gasteiger partial charge in [-0.25, -0.2) is 0 Å². The van der Waals surface area contributed by atoms with Gasteiger partial charge in [-0.3, -0.25) is 19.3 Å². The molecule has 5 rings (SSSR count). The molecule has 0 aliphatic carbocycles. The summed E-state index contributed by atoms with van der Waals surface area (Å²) in [6, 6.07) is 11.4. The second kappa shape index (κ2) is 14.5. The SMILES string of the molecule is CC(C)(C)CC(=O)N[C@@H]1CC[C@H]2CCOc3ccccc3C(=O)N3CCN(Cc4ccc(OC(F)(F)F)cc4)C[C@H]3C(=O)NC[C@H]1O2. The van der Waals surface area contributed by atoms with Crippen LogP contribution in [0.25, 0.3) is 0 Å². The molecule has 2 fully saturated rings. The van der Waals surface area contributed by atoms with Gasteiger partial charge in [-0.15, -0.1) is 13.2 Å². The molecule has 2 aromatic rings. The molecule has 0 aromatic heterocycles. The molecule has 3 aliphatic rings. The molecule has 2 saturated heterocycles. The first-order valence-electron chi connectivity index (χ1n) is 16.1. The van der Waals surface area contributed by atoms with Gasteiger partial charge in [-0.2, -0.15) is 0 Å².